The number of pyridine rings is 1. The summed E-state index contributed by atoms with van der Waals surface area (Å²) in [6.45, 7) is 3.09. The van der Waals surface area contributed by atoms with Gasteiger partial charge in [-0.3, -0.25) is 15.1 Å². The molecule has 5 heteroatoms. The quantitative estimate of drug-likeness (QED) is 0.462. The van der Waals surface area contributed by atoms with Gasteiger partial charge in [0.05, 0.1) is 4.92 Å². The Labute approximate surface area is 130 Å². The highest BCUT2D eigenvalue weighted by Crippen LogP contribution is 2.13. The second-order valence-corrected chi connectivity index (χ2v) is 5.44. The zero-order valence-electron chi connectivity index (χ0n) is 12.7. The standard InChI is InChI=1S/C17H21N3O2/c1-14(13-16-4-6-17(7-5-16)20(21)22)19-10-2-3-15-8-11-18-12-9-15/h4-9,11-12,14,19H,2-3,10,13H2,1H3. The highest BCUT2D eigenvalue weighted by atomic mass is 16.6. The lowest BCUT2D eigenvalue weighted by Crippen LogP contribution is -2.29. The minimum Gasteiger partial charge on any atom is -0.314 e. The lowest BCUT2D eigenvalue weighted by Gasteiger charge is -2.13. The van der Waals surface area contributed by atoms with Crippen molar-refractivity contribution in [2.24, 2.45) is 0 Å². The predicted octanol–water partition coefficient (Wildman–Crippen LogP) is 3.14. The molecule has 0 spiro atoms. The molecule has 2 aromatic rings. The van der Waals surface area contributed by atoms with Crippen molar-refractivity contribution in [1.29, 1.82) is 0 Å². The summed E-state index contributed by atoms with van der Waals surface area (Å²) in [6, 6.07) is 11.2. The third kappa shape index (κ3) is 5.26. The molecule has 1 N–H and O–H groups in total. The number of non-ortho nitro benzene ring substituents is 1. The van der Waals surface area contributed by atoms with E-state index < -0.39 is 0 Å². The molecular weight excluding hydrogens is 278 g/mol. The van der Waals surface area contributed by atoms with E-state index in [1.165, 1.54) is 5.56 Å². The Kier molecular flexibility index (Phi) is 6.03. The van der Waals surface area contributed by atoms with Gasteiger partial charge >= 0.3 is 0 Å². The number of aromatic nitrogens is 1. The highest BCUT2D eigenvalue weighted by molar-refractivity contribution is 5.33. The molecule has 1 atom stereocenters. The lowest BCUT2D eigenvalue weighted by molar-refractivity contribution is -0.384. The average molecular weight is 299 g/mol. The summed E-state index contributed by atoms with van der Waals surface area (Å²) < 4.78 is 0. The Morgan fingerprint density at radius 2 is 1.82 bits per heavy atom. The fraction of sp³-hybridized carbons (Fsp3) is 0.353. The maximum atomic E-state index is 10.6. The molecule has 1 aromatic carbocycles. The fourth-order valence-corrected chi connectivity index (χ4v) is 2.37. The number of hydrogen-bond acceptors (Lipinski definition) is 4. The number of nitro groups is 1. The number of aryl methyl sites for hydroxylation is 1. The Balaban J connectivity index is 1.69. The molecule has 0 saturated carbocycles. The molecule has 0 fully saturated rings. The topological polar surface area (TPSA) is 68.1 Å². The van der Waals surface area contributed by atoms with Gasteiger partial charge in [0.2, 0.25) is 0 Å². The monoisotopic (exact) mass is 299 g/mol. The van der Waals surface area contributed by atoms with Crippen LogP contribution in [-0.2, 0) is 12.8 Å². The average Bonchev–Trinajstić information content (AvgIpc) is 2.53. The molecule has 0 saturated heterocycles. The first-order valence-corrected chi connectivity index (χ1v) is 7.51. The Morgan fingerprint density at radius 1 is 1.14 bits per heavy atom. The number of nitrogens with one attached hydrogen (secondary N) is 1. The molecule has 0 radical (unpaired) electrons. The molecule has 0 amide bonds. The van der Waals surface area contributed by atoms with Crippen molar-refractivity contribution in [2.45, 2.75) is 32.2 Å². The van der Waals surface area contributed by atoms with Gasteiger partial charge in [-0.25, -0.2) is 0 Å². The molecule has 22 heavy (non-hydrogen) atoms. The predicted molar refractivity (Wildman–Crippen MR) is 86.8 cm³/mol. The fourth-order valence-electron chi connectivity index (χ4n) is 2.37. The molecule has 5 nitrogen and oxygen atoms in total. The van der Waals surface area contributed by atoms with Crippen LogP contribution in [-0.4, -0.2) is 22.5 Å². The van der Waals surface area contributed by atoms with Crippen molar-refractivity contribution >= 4 is 5.69 Å². The molecular formula is C17H21N3O2. The van der Waals surface area contributed by atoms with E-state index in [4.69, 9.17) is 0 Å². The van der Waals surface area contributed by atoms with Crippen LogP contribution >= 0.6 is 0 Å². The number of rotatable bonds is 8. The van der Waals surface area contributed by atoms with Gasteiger partial charge in [0.15, 0.2) is 0 Å². The number of nitro benzene ring substituents is 1. The molecule has 0 bridgehead atoms. The summed E-state index contributed by atoms with van der Waals surface area (Å²) >= 11 is 0. The van der Waals surface area contributed by atoms with Crippen molar-refractivity contribution in [3.63, 3.8) is 0 Å². The van der Waals surface area contributed by atoms with E-state index in [9.17, 15) is 10.1 Å². The van der Waals surface area contributed by atoms with E-state index in [2.05, 4.69) is 17.2 Å². The summed E-state index contributed by atoms with van der Waals surface area (Å²) in [4.78, 5) is 14.3. The Morgan fingerprint density at radius 3 is 2.45 bits per heavy atom. The van der Waals surface area contributed by atoms with Gasteiger partial charge in [-0.05, 0) is 56.0 Å². The molecule has 2 rings (SSSR count). The van der Waals surface area contributed by atoms with Crippen molar-refractivity contribution < 1.29 is 4.92 Å². The zero-order valence-corrected chi connectivity index (χ0v) is 12.7. The first-order chi connectivity index (χ1) is 10.6. The second-order valence-electron chi connectivity index (χ2n) is 5.44. The molecule has 1 heterocycles. The summed E-state index contributed by atoms with van der Waals surface area (Å²) in [5, 5.41) is 14.1. The maximum absolute atomic E-state index is 10.6. The second kappa shape index (κ2) is 8.24. The molecule has 0 aliphatic carbocycles. The summed E-state index contributed by atoms with van der Waals surface area (Å²) in [6.07, 6.45) is 6.63. The maximum Gasteiger partial charge on any atom is 0.269 e. The van der Waals surface area contributed by atoms with Crippen LogP contribution in [0.1, 0.15) is 24.5 Å². The van der Waals surface area contributed by atoms with E-state index in [0.29, 0.717) is 6.04 Å². The van der Waals surface area contributed by atoms with Gasteiger partial charge in [-0.2, -0.15) is 0 Å². The summed E-state index contributed by atoms with van der Waals surface area (Å²) in [5.41, 5.74) is 2.56. The summed E-state index contributed by atoms with van der Waals surface area (Å²) in [7, 11) is 0. The molecule has 1 unspecified atom stereocenters. The third-order valence-corrected chi connectivity index (χ3v) is 3.57. The van der Waals surface area contributed by atoms with E-state index in [0.717, 1.165) is 31.4 Å². The van der Waals surface area contributed by atoms with Gasteiger partial charge in [0.1, 0.15) is 0 Å². The van der Waals surface area contributed by atoms with E-state index in [1.807, 2.05) is 36.7 Å². The van der Waals surface area contributed by atoms with E-state index >= 15 is 0 Å². The Hall–Kier alpha value is -2.27. The summed E-state index contributed by atoms with van der Waals surface area (Å²) in [5.74, 6) is 0. The van der Waals surface area contributed by atoms with Crippen LogP contribution in [0.2, 0.25) is 0 Å². The van der Waals surface area contributed by atoms with Crippen LogP contribution in [0.15, 0.2) is 48.8 Å². The smallest absolute Gasteiger partial charge is 0.269 e. The normalized spacial score (nSPS) is 12.0. The van der Waals surface area contributed by atoms with E-state index in [1.54, 1.807) is 12.1 Å². The first kappa shape index (κ1) is 16.1. The van der Waals surface area contributed by atoms with E-state index in [-0.39, 0.29) is 10.6 Å². The minimum absolute atomic E-state index is 0.140. The van der Waals surface area contributed by atoms with Gasteiger partial charge in [0, 0.05) is 30.6 Å². The van der Waals surface area contributed by atoms with Crippen molar-refractivity contribution in [3.8, 4) is 0 Å². The van der Waals surface area contributed by atoms with Gasteiger partial charge in [0.25, 0.3) is 5.69 Å². The SMILES string of the molecule is CC(Cc1ccc([N+](=O)[O-])cc1)NCCCc1ccncc1. The van der Waals surface area contributed by atoms with Crippen LogP contribution in [0.25, 0.3) is 0 Å². The lowest BCUT2D eigenvalue weighted by atomic mass is 10.1. The number of nitrogens with zero attached hydrogens (tertiary/aromatic N) is 2. The van der Waals surface area contributed by atoms with Gasteiger partial charge in [-0.1, -0.05) is 12.1 Å². The highest BCUT2D eigenvalue weighted by Gasteiger charge is 2.06. The van der Waals surface area contributed by atoms with Crippen molar-refractivity contribution in [3.05, 3.63) is 70.0 Å². The van der Waals surface area contributed by atoms with Gasteiger partial charge < -0.3 is 5.32 Å². The first-order valence-electron chi connectivity index (χ1n) is 7.51. The number of benzene rings is 1. The molecule has 116 valence electrons. The molecule has 1 aromatic heterocycles. The van der Waals surface area contributed by atoms with Crippen molar-refractivity contribution in [2.75, 3.05) is 6.54 Å². The van der Waals surface area contributed by atoms with Crippen LogP contribution in [0.3, 0.4) is 0 Å². The molecule has 0 aliphatic heterocycles. The minimum atomic E-state index is -0.370. The van der Waals surface area contributed by atoms with Crippen molar-refractivity contribution in [1.82, 2.24) is 10.3 Å². The van der Waals surface area contributed by atoms with Crippen LogP contribution in [0.4, 0.5) is 5.69 Å². The zero-order chi connectivity index (χ0) is 15.8. The van der Waals surface area contributed by atoms with Crippen LogP contribution in [0.5, 0.6) is 0 Å². The Bertz CT molecular complexity index is 585. The van der Waals surface area contributed by atoms with Crippen LogP contribution < -0.4 is 5.32 Å². The molecule has 0 aliphatic rings. The number of hydrogen-bond donors (Lipinski definition) is 1. The van der Waals surface area contributed by atoms with Gasteiger partial charge in [-0.15, -0.1) is 0 Å². The third-order valence-electron chi connectivity index (χ3n) is 3.57. The largest absolute Gasteiger partial charge is 0.314 e. The van der Waals surface area contributed by atoms with Crippen LogP contribution in [0, 0.1) is 10.1 Å².